The van der Waals surface area contributed by atoms with E-state index in [0.29, 0.717) is 25.8 Å². The normalized spacial score (nSPS) is 25.8. The molecule has 17 heavy (non-hydrogen) atoms. The summed E-state index contributed by atoms with van der Waals surface area (Å²) in [6.45, 7) is 0.337. The highest BCUT2D eigenvalue weighted by molar-refractivity contribution is 5.66. The number of rotatable bonds is 5. The van der Waals surface area contributed by atoms with Gasteiger partial charge in [-0.25, -0.2) is 0 Å². The van der Waals surface area contributed by atoms with Crippen molar-refractivity contribution in [3.8, 4) is 0 Å². The Labute approximate surface area is 98.4 Å². The molecule has 1 fully saturated rings. The standard InChI is InChI=1S/C11H18F3NO2/c12-11(13,14)8-4-1-2-5-9(8)15-7-3-6-10(16)17/h8-9,15H,1-7H2,(H,16,17). The van der Waals surface area contributed by atoms with E-state index < -0.39 is 24.1 Å². The summed E-state index contributed by atoms with van der Waals surface area (Å²) in [7, 11) is 0. The summed E-state index contributed by atoms with van der Waals surface area (Å²) in [6.07, 6.45) is -1.64. The fourth-order valence-electron chi connectivity index (χ4n) is 2.29. The lowest BCUT2D eigenvalue weighted by Crippen LogP contribution is -2.45. The predicted molar refractivity (Wildman–Crippen MR) is 56.7 cm³/mol. The highest BCUT2D eigenvalue weighted by Gasteiger charge is 2.45. The van der Waals surface area contributed by atoms with E-state index >= 15 is 0 Å². The smallest absolute Gasteiger partial charge is 0.393 e. The van der Waals surface area contributed by atoms with Crippen molar-refractivity contribution >= 4 is 5.97 Å². The fourth-order valence-corrected chi connectivity index (χ4v) is 2.29. The summed E-state index contributed by atoms with van der Waals surface area (Å²) in [4.78, 5) is 10.3. The Morgan fingerprint density at radius 2 is 1.94 bits per heavy atom. The van der Waals surface area contributed by atoms with Gasteiger partial charge in [-0.2, -0.15) is 13.2 Å². The van der Waals surface area contributed by atoms with Gasteiger partial charge in [-0.3, -0.25) is 4.79 Å². The molecule has 0 saturated heterocycles. The first-order valence-electron chi connectivity index (χ1n) is 5.93. The van der Waals surface area contributed by atoms with E-state index in [2.05, 4.69) is 5.32 Å². The van der Waals surface area contributed by atoms with Crippen molar-refractivity contribution in [1.82, 2.24) is 5.32 Å². The van der Waals surface area contributed by atoms with Gasteiger partial charge in [-0.1, -0.05) is 12.8 Å². The van der Waals surface area contributed by atoms with Crippen LogP contribution in [0.2, 0.25) is 0 Å². The van der Waals surface area contributed by atoms with Gasteiger partial charge in [0.1, 0.15) is 0 Å². The van der Waals surface area contributed by atoms with Crippen LogP contribution in [-0.2, 0) is 4.79 Å². The lowest BCUT2D eigenvalue weighted by molar-refractivity contribution is -0.188. The molecule has 0 radical (unpaired) electrons. The summed E-state index contributed by atoms with van der Waals surface area (Å²) >= 11 is 0. The zero-order valence-corrected chi connectivity index (χ0v) is 9.59. The van der Waals surface area contributed by atoms with Gasteiger partial charge in [0.05, 0.1) is 5.92 Å². The van der Waals surface area contributed by atoms with E-state index in [1.165, 1.54) is 0 Å². The van der Waals surface area contributed by atoms with Gasteiger partial charge in [-0.05, 0) is 25.8 Å². The Kier molecular flexibility index (Phi) is 5.24. The molecule has 100 valence electrons. The summed E-state index contributed by atoms with van der Waals surface area (Å²) in [6, 6.07) is -0.544. The average Bonchev–Trinajstić information content (AvgIpc) is 2.23. The third-order valence-electron chi connectivity index (χ3n) is 3.16. The molecule has 0 spiro atoms. The Morgan fingerprint density at radius 3 is 2.53 bits per heavy atom. The van der Waals surface area contributed by atoms with Crippen molar-refractivity contribution in [2.45, 2.75) is 50.7 Å². The molecule has 0 amide bonds. The van der Waals surface area contributed by atoms with Crippen molar-refractivity contribution < 1.29 is 23.1 Å². The van der Waals surface area contributed by atoms with E-state index in [1.807, 2.05) is 0 Å². The number of aliphatic carboxylic acids is 1. The van der Waals surface area contributed by atoms with Crippen LogP contribution in [0.3, 0.4) is 0 Å². The minimum absolute atomic E-state index is 0.00357. The van der Waals surface area contributed by atoms with Crippen molar-refractivity contribution in [3.05, 3.63) is 0 Å². The fraction of sp³-hybridized carbons (Fsp3) is 0.909. The Balaban J connectivity index is 2.35. The average molecular weight is 253 g/mol. The maximum Gasteiger partial charge on any atom is 0.393 e. The highest BCUT2D eigenvalue weighted by Crippen LogP contribution is 2.37. The largest absolute Gasteiger partial charge is 0.481 e. The molecule has 2 unspecified atom stereocenters. The minimum Gasteiger partial charge on any atom is -0.481 e. The molecule has 0 aromatic rings. The molecule has 0 bridgehead atoms. The Hall–Kier alpha value is -0.780. The van der Waals surface area contributed by atoms with E-state index in [1.54, 1.807) is 0 Å². The molecule has 0 aromatic carbocycles. The molecule has 0 aliphatic heterocycles. The van der Waals surface area contributed by atoms with Crippen molar-refractivity contribution in [2.24, 2.45) is 5.92 Å². The minimum atomic E-state index is -4.15. The van der Waals surface area contributed by atoms with E-state index in [9.17, 15) is 18.0 Å². The third-order valence-corrected chi connectivity index (χ3v) is 3.16. The first kappa shape index (κ1) is 14.3. The molecule has 1 aliphatic rings. The Bertz CT molecular complexity index is 256. The van der Waals surface area contributed by atoms with E-state index in [0.717, 1.165) is 6.42 Å². The maximum absolute atomic E-state index is 12.7. The topological polar surface area (TPSA) is 49.3 Å². The summed E-state index contributed by atoms with van der Waals surface area (Å²) in [5, 5.41) is 11.3. The van der Waals surface area contributed by atoms with E-state index in [-0.39, 0.29) is 12.8 Å². The highest BCUT2D eigenvalue weighted by atomic mass is 19.4. The van der Waals surface area contributed by atoms with Crippen molar-refractivity contribution in [2.75, 3.05) is 6.54 Å². The van der Waals surface area contributed by atoms with Crippen LogP contribution in [0, 0.1) is 5.92 Å². The summed E-state index contributed by atoms with van der Waals surface area (Å²) in [5.74, 6) is -2.19. The first-order chi connectivity index (χ1) is 7.91. The molecule has 1 aliphatic carbocycles. The molecule has 0 heterocycles. The quantitative estimate of drug-likeness (QED) is 0.740. The molecule has 1 saturated carbocycles. The predicted octanol–water partition coefficient (Wildman–Crippen LogP) is 2.56. The van der Waals surface area contributed by atoms with Crippen LogP contribution in [0.5, 0.6) is 0 Å². The van der Waals surface area contributed by atoms with Crippen LogP contribution >= 0.6 is 0 Å². The van der Waals surface area contributed by atoms with Crippen molar-refractivity contribution in [3.63, 3.8) is 0 Å². The molecular weight excluding hydrogens is 235 g/mol. The van der Waals surface area contributed by atoms with Gasteiger partial charge in [0, 0.05) is 12.5 Å². The first-order valence-corrected chi connectivity index (χ1v) is 5.93. The molecule has 2 atom stereocenters. The second-order valence-electron chi connectivity index (χ2n) is 4.49. The SMILES string of the molecule is O=C(O)CCCNC1CCCCC1C(F)(F)F. The number of carboxylic acids is 1. The summed E-state index contributed by atoms with van der Waals surface area (Å²) < 4.78 is 38.1. The molecule has 1 rings (SSSR count). The van der Waals surface area contributed by atoms with Gasteiger partial charge in [0.15, 0.2) is 0 Å². The van der Waals surface area contributed by atoms with Crippen LogP contribution in [-0.4, -0.2) is 29.8 Å². The second-order valence-corrected chi connectivity index (χ2v) is 4.49. The molecule has 3 nitrogen and oxygen atoms in total. The van der Waals surface area contributed by atoms with Gasteiger partial charge in [0.2, 0.25) is 0 Å². The number of halogens is 3. The van der Waals surface area contributed by atoms with Gasteiger partial charge in [-0.15, -0.1) is 0 Å². The zero-order valence-electron chi connectivity index (χ0n) is 9.59. The van der Waals surface area contributed by atoms with E-state index in [4.69, 9.17) is 5.11 Å². The number of alkyl halides is 3. The van der Waals surface area contributed by atoms with Crippen molar-refractivity contribution in [1.29, 1.82) is 0 Å². The number of nitrogens with one attached hydrogen (secondary N) is 1. The maximum atomic E-state index is 12.7. The molecular formula is C11H18F3NO2. The van der Waals surface area contributed by atoms with Crippen LogP contribution in [0.1, 0.15) is 38.5 Å². The second kappa shape index (κ2) is 6.23. The van der Waals surface area contributed by atoms with Crippen LogP contribution in [0.25, 0.3) is 0 Å². The molecule has 6 heteroatoms. The number of hydrogen-bond acceptors (Lipinski definition) is 2. The number of carboxylic acid groups (broad SMARTS) is 1. The van der Waals surface area contributed by atoms with Crippen LogP contribution in [0.15, 0.2) is 0 Å². The van der Waals surface area contributed by atoms with Gasteiger partial charge >= 0.3 is 12.1 Å². The molecule has 2 N–H and O–H groups in total. The Morgan fingerprint density at radius 1 is 1.29 bits per heavy atom. The number of carbonyl (C=O) groups is 1. The van der Waals surface area contributed by atoms with Crippen LogP contribution < -0.4 is 5.32 Å². The third kappa shape index (κ3) is 4.93. The lowest BCUT2D eigenvalue weighted by atomic mass is 9.84. The summed E-state index contributed by atoms with van der Waals surface area (Å²) in [5.41, 5.74) is 0. The van der Waals surface area contributed by atoms with Crippen LogP contribution in [0.4, 0.5) is 13.2 Å². The zero-order chi connectivity index (χ0) is 12.9. The van der Waals surface area contributed by atoms with Gasteiger partial charge < -0.3 is 10.4 Å². The lowest BCUT2D eigenvalue weighted by Gasteiger charge is -2.33. The molecule has 0 aromatic heterocycles. The monoisotopic (exact) mass is 253 g/mol. The van der Waals surface area contributed by atoms with Gasteiger partial charge in [0.25, 0.3) is 0 Å². The number of hydrogen-bond donors (Lipinski definition) is 2.